The minimum absolute atomic E-state index is 0.0622. The van der Waals surface area contributed by atoms with Crippen molar-refractivity contribution in [3.63, 3.8) is 0 Å². The van der Waals surface area contributed by atoms with Gasteiger partial charge in [-0.1, -0.05) is 13.3 Å². The van der Waals surface area contributed by atoms with Crippen molar-refractivity contribution in [1.29, 1.82) is 5.26 Å². The van der Waals surface area contributed by atoms with Gasteiger partial charge in [-0.25, -0.2) is 4.39 Å². The highest BCUT2D eigenvalue weighted by Crippen LogP contribution is 2.18. The van der Waals surface area contributed by atoms with Gasteiger partial charge in [0.05, 0.1) is 23.7 Å². The van der Waals surface area contributed by atoms with Crippen molar-refractivity contribution in [2.75, 3.05) is 5.32 Å². The quantitative estimate of drug-likeness (QED) is 0.814. The maximum atomic E-state index is 13.6. The van der Waals surface area contributed by atoms with Gasteiger partial charge in [-0.05, 0) is 24.6 Å². The van der Waals surface area contributed by atoms with Crippen LogP contribution in [0.15, 0.2) is 18.2 Å². The first-order valence-corrected chi connectivity index (χ1v) is 5.74. The number of hydrogen-bond donors (Lipinski definition) is 2. The zero-order valence-corrected chi connectivity index (χ0v) is 10.1. The van der Waals surface area contributed by atoms with E-state index in [4.69, 9.17) is 10.4 Å². The Morgan fingerprint density at radius 1 is 1.61 bits per heavy atom. The Kier molecular flexibility index (Phi) is 5.12. The van der Waals surface area contributed by atoms with E-state index in [9.17, 15) is 9.18 Å². The molecule has 0 aliphatic carbocycles. The van der Waals surface area contributed by atoms with Crippen LogP contribution in [0.4, 0.5) is 10.1 Å². The molecule has 18 heavy (non-hydrogen) atoms. The lowest BCUT2D eigenvalue weighted by atomic mass is 10.1. The third-order valence-electron chi connectivity index (χ3n) is 2.52. The molecule has 0 fully saturated rings. The number of nitrogens with one attached hydrogen (secondary N) is 1. The molecular weight excluding hydrogens is 235 g/mol. The zero-order valence-electron chi connectivity index (χ0n) is 10.1. The van der Waals surface area contributed by atoms with Crippen molar-refractivity contribution >= 4 is 11.7 Å². The molecule has 0 aliphatic heterocycles. The summed E-state index contributed by atoms with van der Waals surface area (Å²) in [7, 11) is 0. The van der Waals surface area contributed by atoms with Gasteiger partial charge in [-0.3, -0.25) is 4.79 Å². The van der Waals surface area contributed by atoms with E-state index in [1.165, 1.54) is 12.1 Å². The smallest absolute Gasteiger partial charge is 0.305 e. The number of benzene rings is 1. The molecule has 1 atom stereocenters. The molecule has 0 aromatic heterocycles. The first-order valence-electron chi connectivity index (χ1n) is 5.74. The fraction of sp³-hybridized carbons (Fsp3) is 0.385. The van der Waals surface area contributed by atoms with Crippen LogP contribution in [0.1, 0.15) is 31.7 Å². The van der Waals surface area contributed by atoms with Crippen LogP contribution in [0.3, 0.4) is 0 Å². The van der Waals surface area contributed by atoms with Crippen LogP contribution in [-0.2, 0) is 4.79 Å². The highest BCUT2D eigenvalue weighted by Gasteiger charge is 2.14. The van der Waals surface area contributed by atoms with E-state index < -0.39 is 11.8 Å². The second-order valence-corrected chi connectivity index (χ2v) is 4.03. The number of nitriles is 1. The summed E-state index contributed by atoms with van der Waals surface area (Å²) >= 11 is 0. The Morgan fingerprint density at radius 2 is 2.33 bits per heavy atom. The summed E-state index contributed by atoms with van der Waals surface area (Å²) < 4.78 is 13.6. The predicted octanol–water partition coefficient (Wildman–Crippen LogP) is 2.75. The van der Waals surface area contributed by atoms with Crippen LogP contribution < -0.4 is 5.32 Å². The van der Waals surface area contributed by atoms with Crippen molar-refractivity contribution in [1.82, 2.24) is 0 Å². The van der Waals surface area contributed by atoms with Crippen LogP contribution in [0.5, 0.6) is 0 Å². The first kappa shape index (κ1) is 14.0. The molecular formula is C13H15FN2O2. The fourth-order valence-electron chi connectivity index (χ4n) is 1.71. The Bertz CT molecular complexity index is 469. The largest absolute Gasteiger partial charge is 0.481 e. The van der Waals surface area contributed by atoms with Crippen LogP contribution in [0.2, 0.25) is 0 Å². The van der Waals surface area contributed by atoms with Gasteiger partial charge in [-0.2, -0.15) is 5.26 Å². The third kappa shape index (κ3) is 4.06. The van der Waals surface area contributed by atoms with Crippen LogP contribution in [0.25, 0.3) is 0 Å². The molecule has 0 amide bonds. The highest BCUT2D eigenvalue weighted by atomic mass is 19.1. The zero-order chi connectivity index (χ0) is 13.5. The van der Waals surface area contributed by atoms with Gasteiger partial charge in [0, 0.05) is 6.04 Å². The lowest BCUT2D eigenvalue weighted by molar-refractivity contribution is -0.137. The van der Waals surface area contributed by atoms with Crippen molar-refractivity contribution in [2.24, 2.45) is 0 Å². The van der Waals surface area contributed by atoms with E-state index in [0.717, 1.165) is 12.5 Å². The van der Waals surface area contributed by atoms with Gasteiger partial charge in [-0.15, -0.1) is 0 Å². The molecule has 1 unspecified atom stereocenters. The minimum Gasteiger partial charge on any atom is -0.481 e. The lowest BCUT2D eigenvalue weighted by Gasteiger charge is -2.17. The van der Waals surface area contributed by atoms with Crippen molar-refractivity contribution < 1.29 is 14.3 Å². The molecule has 1 aromatic rings. The molecule has 0 radical (unpaired) electrons. The number of carbonyl (C=O) groups is 1. The van der Waals surface area contributed by atoms with E-state index >= 15 is 0 Å². The summed E-state index contributed by atoms with van der Waals surface area (Å²) in [5.74, 6) is -1.46. The molecule has 0 bridgehead atoms. The maximum absolute atomic E-state index is 13.6. The van der Waals surface area contributed by atoms with E-state index in [1.807, 2.05) is 13.0 Å². The van der Waals surface area contributed by atoms with Crippen LogP contribution >= 0.6 is 0 Å². The number of anilines is 1. The number of aliphatic carboxylic acids is 1. The van der Waals surface area contributed by atoms with E-state index in [1.54, 1.807) is 0 Å². The van der Waals surface area contributed by atoms with E-state index in [-0.39, 0.29) is 23.7 Å². The Hall–Kier alpha value is -2.09. The van der Waals surface area contributed by atoms with Crippen molar-refractivity contribution in [3.05, 3.63) is 29.6 Å². The van der Waals surface area contributed by atoms with E-state index in [2.05, 4.69) is 5.32 Å². The van der Waals surface area contributed by atoms with Crippen molar-refractivity contribution in [3.8, 4) is 6.07 Å². The number of carboxylic acids is 1. The van der Waals surface area contributed by atoms with Gasteiger partial charge >= 0.3 is 5.97 Å². The molecule has 4 nitrogen and oxygen atoms in total. The summed E-state index contributed by atoms with van der Waals surface area (Å²) in [5, 5.41) is 20.3. The molecule has 0 spiro atoms. The Labute approximate surface area is 105 Å². The minimum atomic E-state index is -0.921. The number of rotatable bonds is 6. The number of halogens is 1. The summed E-state index contributed by atoms with van der Waals surface area (Å²) in [6.07, 6.45) is 1.39. The molecule has 1 rings (SSSR count). The fourth-order valence-corrected chi connectivity index (χ4v) is 1.71. The normalized spacial score (nSPS) is 11.6. The molecule has 2 N–H and O–H groups in total. The topological polar surface area (TPSA) is 73.1 Å². The average molecular weight is 250 g/mol. The lowest BCUT2D eigenvalue weighted by Crippen LogP contribution is -2.23. The van der Waals surface area contributed by atoms with Crippen LogP contribution in [-0.4, -0.2) is 17.1 Å². The predicted molar refractivity (Wildman–Crippen MR) is 65.7 cm³/mol. The second-order valence-electron chi connectivity index (χ2n) is 4.03. The standard InChI is InChI=1S/C13H15FN2O2/c1-2-3-10(7-13(17)18)16-12-5-4-9(8-15)6-11(12)14/h4-6,10,16H,2-3,7H2,1H3,(H,17,18). The molecule has 0 saturated heterocycles. The molecule has 96 valence electrons. The average Bonchev–Trinajstić information content (AvgIpc) is 2.31. The van der Waals surface area contributed by atoms with E-state index in [0.29, 0.717) is 6.42 Å². The van der Waals surface area contributed by atoms with Gasteiger partial charge < -0.3 is 10.4 Å². The Balaban J connectivity index is 2.80. The molecule has 1 aromatic carbocycles. The van der Waals surface area contributed by atoms with Gasteiger partial charge in [0.1, 0.15) is 5.82 Å². The van der Waals surface area contributed by atoms with Gasteiger partial charge in [0.15, 0.2) is 0 Å². The summed E-state index contributed by atoms with van der Waals surface area (Å²) in [4.78, 5) is 10.7. The highest BCUT2D eigenvalue weighted by molar-refractivity contribution is 5.68. The second kappa shape index (κ2) is 6.60. The summed E-state index contributed by atoms with van der Waals surface area (Å²) in [6, 6.07) is 5.62. The number of nitrogens with zero attached hydrogens (tertiary/aromatic N) is 1. The monoisotopic (exact) mass is 250 g/mol. The SMILES string of the molecule is CCCC(CC(=O)O)Nc1ccc(C#N)cc1F. The first-order chi connectivity index (χ1) is 8.56. The molecule has 0 heterocycles. The summed E-state index contributed by atoms with van der Waals surface area (Å²) in [5.41, 5.74) is 0.469. The van der Waals surface area contributed by atoms with Gasteiger partial charge in [0.2, 0.25) is 0 Å². The van der Waals surface area contributed by atoms with Gasteiger partial charge in [0.25, 0.3) is 0 Å². The number of hydrogen-bond acceptors (Lipinski definition) is 3. The summed E-state index contributed by atoms with van der Waals surface area (Å²) in [6.45, 7) is 1.94. The van der Waals surface area contributed by atoms with Crippen LogP contribution in [0, 0.1) is 17.1 Å². The maximum Gasteiger partial charge on any atom is 0.305 e. The molecule has 0 saturated carbocycles. The van der Waals surface area contributed by atoms with Crippen molar-refractivity contribution in [2.45, 2.75) is 32.2 Å². The molecule has 5 heteroatoms. The molecule has 0 aliphatic rings. The third-order valence-corrected chi connectivity index (χ3v) is 2.52. The Morgan fingerprint density at radius 3 is 2.83 bits per heavy atom. The number of carboxylic acid groups (broad SMARTS) is 1.